The van der Waals surface area contributed by atoms with E-state index in [0.717, 1.165) is 5.57 Å². The number of rotatable bonds is 5. The van der Waals surface area contributed by atoms with Gasteiger partial charge in [-0.1, -0.05) is 12.2 Å². The lowest BCUT2D eigenvalue weighted by Crippen LogP contribution is -2.19. The average Bonchev–Trinajstić information content (AvgIpc) is 2.36. The molecule has 1 aliphatic rings. The van der Waals surface area contributed by atoms with Crippen molar-refractivity contribution >= 4 is 11.9 Å². The normalized spacial score (nSPS) is 18.6. The van der Waals surface area contributed by atoms with Crippen molar-refractivity contribution in [2.45, 2.75) is 25.9 Å². The van der Waals surface area contributed by atoms with Crippen LogP contribution < -0.4 is 0 Å². The van der Waals surface area contributed by atoms with E-state index in [2.05, 4.69) is 0 Å². The van der Waals surface area contributed by atoms with E-state index >= 15 is 0 Å². The molecule has 1 aliphatic carbocycles. The van der Waals surface area contributed by atoms with Crippen molar-refractivity contribution in [2.24, 2.45) is 0 Å². The fourth-order valence-corrected chi connectivity index (χ4v) is 1.71. The van der Waals surface area contributed by atoms with Crippen molar-refractivity contribution < 1.29 is 19.1 Å². The van der Waals surface area contributed by atoms with Crippen molar-refractivity contribution in [1.29, 1.82) is 0 Å². The molecular weight excluding hydrogens is 220 g/mol. The Hall–Kier alpha value is -1.64. The molecule has 1 rings (SSSR count). The summed E-state index contributed by atoms with van der Waals surface area (Å²) < 4.78 is 10.1. The van der Waals surface area contributed by atoms with E-state index in [0.29, 0.717) is 25.0 Å². The van der Waals surface area contributed by atoms with Crippen LogP contribution in [0.3, 0.4) is 0 Å². The SMILES string of the molecule is CCOC(=O)CCC1=CC=CC(=C=O)[C@H]1OC. The molecule has 17 heavy (non-hydrogen) atoms. The van der Waals surface area contributed by atoms with Crippen molar-refractivity contribution in [3.63, 3.8) is 0 Å². The number of hydrogen-bond acceptors (Lipinski definition) is 4. The van der Waals surface area contributed by atoms with Gasteiger partial charge in [0.25, 0.3) is 0 Å². The van der Waals surface area contributed by atoms with Gasteiger partial charge in [-0.05, 0) is 25.0 Å². The van der Waals surface area contributed by atoms with Crippen LogP contribution in [0, 0.1) is 0 Å². The third kappa shape index (κ3) is 3.70. The van der Waals surface area contributed by atoms with Gasteiger partial charge in [0.1, 0.15) is 12.0 Å². The fraction of sp³-hybridized carbons (Fsp3) is 0.462. The van der Waals surface area contributed by atoms with Crippen molar-refractivity contribution in [1.82, 2.24) is 0 Å². The molecule has 0 aromatic heterocycles. The van der Waals surface area contributed by atoms with Crippen molar-refractivity contribution in [2.75, 3.05) is 13.7 Å². The van der Waals surface area contributed by atoms with E-state index in [1.807, 2.05) is 12.0 Å². The summed E-state index contributed by atoms with van der Waals surface area (Å²) in [5.41, 5.74) is 1.34. The Bertz CT molecular complexity index is 386. The van der Waals surface area contributed by atoms with E-state index in [-0.39, 0.29) is 5.97 Å². The first-order chi connectivity index (χ1) is 8.22. The van der Waals surface area contributed by atoms with Crippen LogP contribution >= 0.6 is 0 Å². The lowest BCUT2D eigenvalue weighted by atomic mass is 9.94. The van der Waals surface area contributed by atoms with Crippen LogP contribution in [0.1, 0.15) is 19.8 Å². The Kier molecular flexibility index (Phi) is 5.40. The number of carbonyl (C=O) groups is 1. The maximum Gasteiger partial charge on any atom is 0.306 e. The Labute approximate surface area is 101 Å². The first-order valence-corrected chi connectivity index (χ1v) is 5.53. The predicted octanol–water partition coefficient (Wildman–Crippen LogP) is 1.60. The highest BCUT2D eigenvalue weighted by Crippen LogP contribution is 2.23. The van der Waals surface area contributed by atoms with E-state index < -0.39 is 6.10 Å². The molecule has 0 radical (unpaired) electrons. The van der Waals surface area contributed by atoms with Crippen molar-refractivity contribution in [3.05, 3.63) is 29.4 Å². The van der Waals surface area contributed by atoms with Crippen LogP contribution in [0.25, 0.3) is 0 Å². The third-order valence-corrected chi connectivity index (χ3v) is 2.48. The van der Waals surface area contributed by atoms with Crippen LogP contribution in [-0.2, 0) is 19.1 Å². The predicted molar refractivity (Wildman–Crippen MR) is 63.1 cm³/mol. The highest BCUT2D eigenvalue weighted by Gasteiger charge is 2.21. The van der Waals surface area contributed by atoms with Crippen molar-refractivity contribution in [3.8, 4) is 0 Å². The summed E-state index contributed by atoms with van der Waals surface area (Å²) in [4.78, 5) is 21.9. The number of esters is 1. The van der Waals surface area contributed by atoms with Gasteiger partial charge in [0.2, 0.25) is 0 Å². The monoisotopic (exact) mass is 236 g/mol. The largest absolute Gasteiger partial charge is 0.466 e. The summed E-state index contributed by atoms with van der Waals surface area (Å²) in [5.74, 6) is 1.60. The number of carbonyl (C=O) groups excluding carboxylic acids is 2. The second-order valence-electron chi connectivity index (χ2n) is 3.58. The summed E-state index contributed by atoms with van der Waals surface area (Å²) >= 11 is 0. The quantitative estimate of drug-likeness (QED) is 0.537. The minimum Gasteiger partial charge on any atom is -0.466 e. The zero-order chi connectivity index (χ0) is 12.7. The molecule has 0 fully saturated rings. The van der Waals surface area contributed by atoms with Gasteiger partial charge in [-0.15, -0.1) is 0 Å². The molecule has 0 spiro atoms. The topological polar surface area (TPSA) is 52.6 Å². The van der Waals surface area contributed by atoms with E-state index in [9.17, 15) is 9.59 Å². The second-order valence-corrected chi connectivity index (χ2v) is 3.58. The van der Waals surface area contributed by atoms with Gasteiger partial charge < -0.3 is 9.47 Å². The minimum absolute atomic E-state index is 0.241. The molecule has 0 heterocycles. The molecule has 4 nitrogen and oxygen atoms in total. The van der Waals surface area contributed by atoms with Gasteiger partial charge in [0.05, 0.1) is 12.2 Å². The van der Waals surface area contributed by atoms with E-state index in [1.54, 1.807) is 19.1 Å². The first-order valence-electron chi connectivity index (χ1n) is 5.53. The minimum atomic E-state index is -0.396. The Balaban J connectivity index is 2.63. The molecule has 0 aromatic rings. The number of methoxy groups -OCH3 is 1. The van der Waals surface area contributed by atoms with Gasteiger partial charge in [0, 0.05) is 13.5 Å². The summed E-state index contributed by atoms with van der Waals surface area (Å²) in [6, 6.07) is 0. The zero-order valence-electron chi connectivity index (χ0n) is 10.1. The summed E-state index contributed by atoms with van der Waals surface area (Å²) in [5, 5.41) is 0. The number of ether oxygens (including phenoxy) is 2. The molecule has 0 N–H and O–H groups in total. The lowest BCUT2D eigenvalue weighted by Gasteiger charge is -2.20. The van der Waals surface area contributed by atoms with Crippen LogP contribution in [0.15, 0.2) is 29.4 Å². The molecule has 0 amide bonds. The van der Waals surface area contributed by atoms with Crippen LogP contribution in [0.2, 0.25) is 0 Å². The van der Waals surface area contributed by atoms with Gasteiger partial charge in [-0.25, -0.2) is 4.79 Å². The molecule has 0 unspecified atom stereocenters. The number of allylic oxidation sites excluding steroid dienone is 2. The van der Waals surface area contributed by atoms with E-state index in [4.69, 9.17) is 9.47 Å². The van der Waals surface area contributed by atoms with Gasteiger partial charge >= 0.3 is 5.97 Å². The Morgan fingerprint density at radius 2 is 2.29 bits per heavy atom. The second kappa shape index (κ2) is 6.84. The van der Waals surface area contributed by atoms with Crippen LogP contribution in [0.5, 0.6) is 0 Å². The highest BCUT2D eigenvalue weighted by atomic mass is 16.5. The Morgan fingerprint density at radius 1 is 1.53 bits per heavy atom. The van der Waals surface area contributed by atoms with Crippen LogP contribution in [-0.4, -0.2) is 31.7 Å². The molecule has 0 saturated carbocycles. The lowest BCUT2D eigenvalue weighted by molar-refractivity contribution is -0.143. The summed E-state index contributed by atoms with van der Waals surface area (Å²) in [6.07, 6.45) is 5.69. The number of hydrogen-bond donors (Lipinski definition) is 0. The molecule has 0 aliphatic heterocycles. The van der Waals surface area contributed by atoms with Gasteiger partial charge in [-0.2, -0.15) is 0 Å². The highest BCUT2D eigenvalue weighted by molar-refractivity contribution is 5.70. The molecule has 0 bridgehead atoms. The molecule has 0 saturated heterocycles. The smallest absolute Gasteiger partial charge is 0.306 e. The zero-order valence-corrected chi connectivity index (χ0v) is 10.1. The molecule has 92 valence electrons. The summed E-state index contributed by atoms with van der Waals surface area (Å²) in [7, 11) is 1.53. The molecule has 1 atom stereocenters. The average molecular weight is 236 g/mol. The van der Waals surface area contributed by atoms with E-state index in [1.165, 1.54) is 7.11 Å². The molecule has 4 heteroatoms. The third-order valence-electron chi connectivity index (χ3n) is 2.48. The first kappa shape index (κ1) is 13.4. The fourth-order valence-electron chi connectivity index (χ4n) is 1.71. The maximum absolute atomic E-state index is 11.2. The summed E-state index contributed by atoms with van der Waals surface area (Å²) in [6.45, 7) is 2.15. The van der Waals surface area contributed by atoms with Crippen LogP contribution in [0.4, 0.5) is 0 Å². The molecule has 0 aromatic carbocycles. The van der Waals surface area contributed by atoms with Gasteiger partial charge in [0.15, 0.2) is 0 Å². The standard InChI is InChI=1S/C13H16O4/c1-3-17-12(15)8-7-10-5-4-6-11(9-14)13(10)16-2/h4-6,13H,3,7-8H2,1-2H3/t13-/m0/s1. The molecular formula is C13H16O4. The van der Waals surface area contributed by atoms with Gasteiger partial charge in [-0.3, -0.25) is 4.79 Å². The maximum atomic E-state index is 11.2. The Morgan fingerprint density at radius 3 is 2.88 bits per heavy atom.